The van der Waals surface area contributed by atoms with Gasteiger partial charge in [-0.15, -0.1) is 5.73 Å². The van der Waals surface area contributed by atoms with Crippen molar-refractivity contribution in [2.45, 2.75) is 38.5 Å². The highest BCUT2D eigenvalue weighted by Crippen LogP contribution is 2.99. The zero-order valence-corrected chi connectivity index (χ0v) is 11.4. The third-order valence-corrected chi connectivity index (χ3v) is 6.65. The average Bonchev–Trinajstić information content (AvgIpc) is 3.24. The van der Waals surface area contributed by atoms with Crippen molar-refractivity contribution in [2.75, 3.05) is 0 Å². The quantitative estimate of drug-likeness (QED) is 0.625. The molecule has 0 N–H and O–H groups in total. The van der Waals surface area contributed by atoms with Crippen LogP contribution in [-0.4, -0.2) is 0 Å². The van der Waals surface area contributed by atoms with Crippen LogP contribution in [0.5, 0.6) is 0 Å². The molecule has 0 nitrogen and oxygen atoms in total. The van der Waals surface area contributed by atoms with Gasteiger partial charge >= 0.3 is 0 Å². The number of benzene rings is 1. The van der Waals surface area contributed by atoms with E-state index in [1.807, 2.05) is 0 Å². The maximum atomic E-state index is 3.73. The van der Waals surface area contributed by atoms with E-state index in [9.17, 15) is 0 Å². The van der Waals surface area contributed by atoms with Gasteiger partial charge in [0.2, 0.25) is 0 Å². The molecule has 1 spiro atoms. The van der Waals surface area contributed by atoms with Crippen LogP contribution >= 0.6 is 0 Å². The first-order valence-electron chi connectivity index (χ1n) is 7.92. The lowest BCUT2D eigenvalue weighted by molar-refractivity contribution is 0.239. The first-order chi connectivity index (χ1) is 9.39. The van der Waals surface area contributed by atoms with Crippen LogP contribution in [0.15, 0.2) is 42.1 Å². The highest BCUT2D eigenvalue weighted by Gasteiger charge is 2.95. The minimum absolute atomic E-state index is 0.631. The lowest BCUT2D eigenvalue weighted by Gasteiger charge is -2.26. The Hall–Kier alpha value is -1.26. The number of rotatable bonds is 1. The van der Waals surface area contributed by atoms with Crippen LogP contribution in [-0.2, 0) is 0 Å². The summed E-state index contributed by atoms with van der Waals surface area (Å²) in [4.78, 5) is 0. The van der Waals surface area contributed by atoms with Crippen LogP contribution in [0.25, 0.3) is 5.57 Å². The molecule has 0 bridgehead atoms. The summed E-state index contributed by atoms with van der Waals surface area (Å²) >= 11 is 0. The van der Waals surface area contributed by atoms with Crippen LogP contribution in [0.4, 0.5) is 0 Å². The van der Waals surface area contributed by atoms with Gasteiger partial charge in [-0.05, 0) is 61.0 Å². The molecule has 2 atom stereocenters. The van der Waals surface area contributed by atoms with Crippen molar-refractivity contribution in [3.8, 4) is 0 Å². The molecule has 0 saturated heterocycles. The molecular formula is C19H20. The van der Waals surface area contributed by atoms with Crippen molar-refractivity contribution in [3.63, 3.8) is 0 Å². The highest BCUT2D eigenvalue weighted by molar-refractivity contribution is 5.66. The molecule has 3 fully saturated rings. The molecule has 1 aromatic carbocycles. The summed E-state index contributed by atoms with van der Waals surface area (Å²) in [5.41, 5.74) is 7.96. The Bertz CT molecular complexity index is 588. The van der Waals surface area contributed by atoms with Crippen LogP contribution < -0.4 is 0 Å². The zero-order chi connectivity index (χ0) is 12.5. The average molecular weight is 248 g/mol. The van der Waals surface area contributed by atoms with Gasteiger partial charge in [-0.1, -0.05) is 36.8 Å². The summed E-state index contributed by atoms with van der Waals surface area (Å²) in [5.74, 6) is 2.09. The van der Waals surface area contributed by atoms with Gasteiger partial charge in [-0.3, -0.25) is 0 Å². The molecule has 0 amide bonds. The van der Waals surface area contributed by atoms with E-state index < -0.39 is 0 Å². The van der Waals surface area contributed by atoms with Crippen molar-refractivity contribution < 1.29 is 0 Å². The molecule has 0 radical (unpaired) electrons. The highest BCUT2D eigenvalue weighted by atomic mass is 15.0. The molecule has 0 heterocycles. The molecular weight excluding hydrogens is 228 g/mol. The van der Waals surface area contributed by atoms with E-state index in [0.717, 1.165) is 17.3 Å². The van der Waals surface area contributed by atoms with Crippen molar-refractivity contribution in [2.24, 2.45) is 22.7 Å². The van der Waals surface area contributed by atoms with Gasteiger partial charge in [0.05, 0.1) is 0 Å². The topological polar surface area (TPSA) is 0 Å². The predicted molar refractivity (Wildman–Crippen MR) is 77.5 cm³/mol. The normalized spacial score (nSPS) is 45.4. The maximum Gasteiger partial charge on any atom is 0.00878 e. The SMILES string of the molecule is C1=CC23C4CCCC2C43CCCC=1c1ccccc1. The van der Waals surface area contributed by atoms with E-state index in [-0.39, 0.29) is 0 Å². The molecule has 2 unspecified atom stereocenters. The summed E-state index contributed by atoms with van der Waals surface area (Å²) in [6, 6.07) is 10.9. The fourth-order valence-corrected chi connectivity index (χ4v) is 5.91. The summed E-state index contributed by atoms with van der Waals surface area (Å²) in [7, 11) is 0. The second kappa shape index (κ2) is 3.25. The smallest absolute Gasteiger partial charge is 0.00878 e. The van der Waals surface area contributed by atoms with Gasteiger partial charge in [0.15, 0.2) is 0 Å². The minimum atomic E-state index is 0.631. The lowest BCUT2D eigenvalue weighted by atomic mass is 9.78. The first kappa shape index (κ1) is 10.5. The number of hydrogen-bond donors (Lipinski definition) is 0. The van der Waals surface area contributed by atoms with Crippen molar-refractivity contribution >= 4 is 5.57 Å². The van der Waals surface area contributed by atoms with E-state index >= 15 is 0 Å². The maximum absolute atomic E-state index is 3.73. The Morgan fingerprint density at radius 3 is 2.58 bits per heavy atom. The van der Waals surface area contributed by atoms with Crippen molar-refractivity contribution in [3.05, 3.63) is 47.7 Å². The van der Waals surface area contributed by atoms with Crippen LogP contribution in [0.1, 0.15) is 44.1 Å². The summed E-state index contributed by atoms with van der Waals surface area (Å²) in [6.07, 6.45) is 11.1. The Morgan fingerprint density at radius 1 is 1.00 bits per heavy atom. The first-order valence-corrected chi connectivity index (χ1v) is 7.92. The molecule has 4 aliphatic carbocycles. The molecule has 96 valence electrons. The fourth-order valence-electron chi connectivity index (χ4n) is 5.91. The monoisotopic (exact) mass is 248 g/mol. The second-order valence-corrected chi connectivity index (χ2v) is 7.00. The molecule has 4 aliphatic rings. The van der Waals surface area contributed by atoms with E-state index in [1.165, 1.54) is 49.7 Å². The molecule has 5 rings (SSSR count). The van der Waals surface area contributed by atoms with Crippen LogP contribution in [0, 0.1) is 22.7 Å². The largest absolute Gasteiger partial charge is 0.120 e. The Kier molecular flexibility index (Phi) is 1.80. The fraction of sp³-hybridized carbons (Fsp3) is 0.526. The third-order valence-electron chi connectivity index (χ3n) is 6.65. The van der Waals surface area contributed by atoms with Gasteiger partial charge in [0.25, 0.3) is 0 Å². The van der Waals surface area contributed by atoms with Crippen molar-refractivity contribution in [1.29, 1.82) is 0 Å². The standard InChI is InChI=1S/C19H20/c1-2-6-14(7-3-1)15-8-5-12-18-16-9-4-10-17(18)19(16,18)13-11-15/h1-3,6-7,13,16-17H,4-5,8-10,12H2. The Balaban J connectivity index is 1.58. The molecule has 0 heteroatoms. The van der Waals surface area contributed by atoms with Gasteiger partial charge < -0.3 is 0 Å². The summed E-state index contributed by atoms with van der Waals surface area (Å²) in [5, 5.41) is 0. The molecule has 0 aromatic heterocycles. The molecule has 1 aromatic rings. The number of hydrogen-bond acceptors (Lipinski definition) is 0. The van der Waals surface area contributed by atoms with Gasteiger partial charge in [-0.2, -0.15) is 0 Å². The van der Waals surface area contributed by atoms with Gasteiger partial charge in [0, 0.05) is 11.0 Å². The summed E-state index contributed by atoms with van der Waals surface area (Å²) in [6.45, 7) is 0. The van der Waals surface area contributed by atoms with E-state index in [2.05, 4.69) is 42.1 Å². The van der Waals surface area contributed by atoms with Crippen LogP contribution in [0.2, 0.25) is 0 Å². The van der Waals surface area contributed by atoms with E-state index in [1.54, 1.807) is 0 Å². The van der Waals surface area contributed by atoms with E-state index in [4.69, 9.17) is 0 Å². The molecule has 3 saturated carbocycles. The van der Waals surface area contributed by atoms with E-state index in [0.29, 0.717) is 5.41 Å². The summed E-state index contributed by atoms with van der Waals surface area (Å²) < 4.78 is 0. The lowest BCUT2D eigenvalue weighted by Crippen LogP contribution is -2.18. The number of allylic oxidation sites excluding steroid dienone is 1. The third kappa shape index (κ3) is 1.05. The van der Waals surface area contributed by atoms with Crippen LogP contribution in [0.3, 0.4) is 0 Å². The predicted octanol–water partition coefficient (Wildman–Crippen LogP) is 4.83. The molecule has 19 heavy (non-hydrogen) atoms. The minimum Gasteiger partial charge on any atom is -0.120 e. The molecule has 0 aliphatic heterocycles. The second-order valence-electron chi connectivity index (χ2n) is 7.00. The Morgan fingerprint density at radius 2 is 1.79 bits per heavy atom. The zero-order valence-electron chi connectivity index (χ0n) is 11.4. The van der Waals surface area contributed by atoms with Gasteiger partial charge in [-0.25, -0.2) is 0 Å². The Labute approximate surface area is 115 Å². The van der Waals surface area contributed by atoms with Crippen molar-refractivity contribution in [1.82, 2.24) is 0 Å². The van der Waals surface area contributed by atoms with Gasteiger partial charge in [0.1, 0.15) is 0 Å².